The first-order chi connectivity index (χ1) is 5.77. The Bertz CT molecular complexity index is 426. The molecule has 13 heavy (non-hydrogen) atoms. The van der Waals surface area contributed by atoms with Crippen molar-refractivity contribution in [2.45, 2.75) is 0 Å². The van der Waals surface area contributed by atoms with Gasteiger partial charge in [0.25, 0.3) is 0 Å². The number of benzene rings is 1. The first-order valence-corrected chi connectivity index (χ1v) is 3.91. The van der Waals surface area contributed by atoms with Gasteiger partial charge >= 0.3 is 0 Å². The molecule has 0 aliphatic heterocycles. The van der Waals surface area contributed by atoms with Crippen LogP contribution < -0.4 is 22.7 Å². The second-order valence-corrected chi connectivity index (χ2v) is 2.94. The van der Waals surface area contributed by atoms with Crippen molar-refractivity contribution < 1.29 is 17.0 Å². The Morgan fingerprint density at radius 1 is 1.23 bits per heavy atom. The highest BCUT2D eigenvalue weighted by atomic mass is 35.5. The highest BCUT2D eigenvalue weighted by Crippen LogP contribution is 2.12. The molecule has 0 saturated carbocycles. The Hall–Kier alpha value is -1.28. The van der Waals surface area contributed by atoms with Crippen molar-refractivity contribution in [2.75, 3.05) is 5.73 Å². The van der Waals surface area contributed by atoms with Crippen molar-refractivity contribution in [2.24, 2.45) is 7.05 Å². The average molecular weight is 195 g/mol. The summed E-state index contributed by atoms with van der Waals surface area (Å²) in [5.41, 5.74) is 7.68. The predicted molar refractivity (Wildman–Crippen MR) is 49.5 cm³/mol. The Kier molecular flexibility index (Phi) is 2.73. The number of halogens is 1. The van der Waals surface area contributed by atoms with Gasteiger partial charge in [0, 0.05) is 23.2 Å². The molecule has 0 fully saturated rings. The molecule has 2 rings (SSSR count). The molecule has 0 atom stereocenters. The molecule has 0 radical (unpaired) electrons. The van der Waals surface area contributed by atoms with Crippen molar-refractivity contribution in [3.63, 3.8) is 0 Å². The fourth-order valence-corrected chi connectivity index (χ4v) is 1.38. The van der Waals surface area contributed by atoms with Gasteiger partial charge in [-0.2, -0.15) is 0 Å². The Labute approximate surface area is 83.4 Å². The molecule has 2 nitrogen and oxygen atoms in total. The van der Waals surface area contributed by atoms with Gasteiger partial charge in [-0.15, -0.1) is 0 Å². The normalized spacial score (nSPS) is 9.62. The molecule has 0 spiro atoms. The number of pyridine rings is 1. The van der Waals surface area contributed by atoms with Crippen LogP contribution >= 0.6 is 0 Å². The summed E-state index contributed by atoms with van der Waals surface area (Å²) in [5, 5.41) is 1.18. The fourth-order valence-electron chi connectivity index (χ4n) is 1.38. The van der Waals surface area contributed by atoms with Gasteiger partial charge in [0.2, 0.25) is 5.52 Å². The highest BCUT2D eigenvalue weighted by molar-refractivity contribution is 5.78. The van der Waals surface area contributed by atoms with E-state index < -0.39 is 0 Å². The minimum Gasteiger partial charge on any atom is -1.00 e. The number of aromatic nitrogens is 1. The van der Waals surface area contributed by atoms with Gasteiger partial charge in [0.05, 0.1) is 0 Å². The molecule has 0 amide bonds. The topological polar surface area (TPSA) is 29.9 Å². The number of hydrogen-bond donors (Lipinski definition) is 1. The number of nitrogen functional groups attached to an aromatic ring is 1. The SMILES string of the molecule is C[n+]1cccc2cc(N)ccc21.[Cl-]. The molecule has 0 unspecified atom stereocenters. The molecule has 1 heterocycles. The molecule has 0 bridgehead atoms. The molecule has 68 valence electrons. The molecule has 2 aromatic rings. The smallest absolute Gasteiger partial charge is 0.212 e. The van der Waals surface area contributed by atoms with E-state index in [1.165, 1.54) is 10.9 Å². The quantitative estimate of drug-likeness (QED) is 0.391. The lowest BCUT2D eigenvalue weighted by molar-refractivity contribution is -0.644. The summed E-state index contributed by atoms with van der Waals surface area (Å²) in [4.78, 5) is 0. The summed E-state index contributed by atoms with van der Waals surface area (Å²) in [6, 6.07) is 10.0. The van der Waals surface area contributed by atoms with E-state index in [0.717, 1.165) is 5.69 Å². The molecule has 3 heteroatoms. The Morgan fingerprint density at radius 3 is 2.77 bits per heavy atom. The van der Waals surface area contributed by atoms with Gasteiger partial charge in [-0.05, 0) is 18.2 Å². The predicted octanol–water partition coefficient (Wildman–Crippen LogP) is -1.75. The summed E-state index contributed by atoms with van der Waals surface area (Å²) in [6.07, 6.45) is 2.03. The summed E-state index contributed by atoms with van der Waals surface area (Å²) in [6.45, 7) is 0. The lowest BCUT2D eigenvalue weighted by Crippen LogP contribution is -3.00. The number of hydrogen-bond acceptors (Lipinski definition) is 1. The van der Waals surface area contributed by atoms with Crippen LogP contribution in [0, 0.1) is 0 Å². The molecular weight excluding hydrogens is 184 g/mol. The van der Waals surface area contributed by atoms with Gasteiger partial charge in [-0.3, -0.25) is 0 Å². The standard InChI is InChI=1S/C10H11N2.ClH/c1-12-6-2-3-8-7-9(11)4-5-10(8)12;/h2-7H,11H2,1H3;1H/q+1;/p-1. The minimum absolute atomic E-state index is 0. The number of fused-ring (bicyclic) bond motifs is 1. The minimum atomic E-state index is 0. The molecule has 0 saturated heterocycles. The third-order valence-electron chi connectivity index (χ3n) is 2.02. The number of nitrogens with two attached hydrogens (primary N) is 1. The van der Waals surface area contributed by atoms with Crippen LogP contribution in [0.3, 0.4) is 0 Å². The van der Waals surface area contributed by atoms with Crippen LogP contribution in [0.4, 0.5) is 5.69 Å². The highest BCUT2D eigenvalue weighted by Gasteiger charge is 2.01. The zero-order valence-corrected chi connectivity index (χ0v) is 8.12. The van der Waals surface area contributed by atoms with E-state index in [1.807, 2.05) is 37.5 Å². The van der Waals surface area contributed by atoms with Crippen molar-refractivity contribution in [3.8, 4) is 0 Å². The zero-order chi connectivity index (χ0) is 8.55. The van der Waals surface area contributed by atoms with Crippen LogP contribution in [-0.2, 0) is 7.05 Å². The van der Waals surface area contributed by atoms with E-state index >= 15 is 0 Å². The molecular formula is C10H11ClN2. The number of aryl methyl sites for hydroxylation is 1. The zero-order valence-electron chi connectivity index (χ0n) is 7.37. The second-order valence-electron chi connectivity index (χ2n) is 2.94. The lowest BCUT2D eigenvalue weighted by Gasteiger charge is -1.96. The van der Waals surface area contributed by atoms with Gasteiger partial charge < -0.3 is 18.1 Å². The van der Waals surface area contributed by atoms with Crippen molar-refractivity contribution in [3.05, 3.63) is 36.5 Å². The van der Waals surface area contributed by atoms with E-state index in [4.69, 9.17) is 5.73 Å². The van der Waals surface area contributed by atoms with Gasteiger partial charge in [0.1, 0.15) is 7.05 Å². The monoisotopic (exact) mass is 194 g/mol. The average Bonchev–Trinajstić information content (AvgIpc) is 2.04. The molecule has 1 aromatic carbocycles. The van der Waals surface area contributed by atoms with E-state index in [0.29, 0.717) is 0 Å². The fraction of sp³-hybridized carbons (Fsp3) is 0.100. The first kappa shape index (κ1) is 9.81. The van der Waals surface area contributed by atoms with E-state index in [2.05, 4.69) is 10.6 Å². The van der Waals surface area contributed by atoms with Gasteiger partial charge in [-0.1, -0.05) is 0 Å². The third-order valence-corrected chi connectivity index (χ3v) is 2.02. The number of nitrogens with zero attached hydrogens (tertiary/aromatic N) is 1. The van der Waals surface area contributed by atoms with Crippen LogP contribution in [-0.4, -0.2) is 0 Å². The van der Waals surface area contributed by atoms with Crippen molar-refractivity contribution in [1.29, 1.82) is 0 Å². The van der Waals surface area contributed by atoms with Gasteiger partial charge in [0.15, 0.2) is 6.20 Å². The maximum atomic E-state index is 5.66. The van der Waals surface area contributed by atoms with Crippen LogP contribution in [0.5, 0.6) is 0 Å². The Morgan fingerprint density at radius 2 is 2.00 bits per heavy atom. The lowest BCUT2D eigenvalue weighted by atomic mass is 10.2. The molecule has 2 N–H and O–H groups in total. The van der Waals surface area contributed by atoms with Crippen LogP contribution in [0.2, 0.25) is 0 Å². The molecule has 0 aliphatic carbocycles. The van der Waals surface area contributed by atoms with E-state index in [1.54, 1.807) is 0 Å². The van der Waals surface area contributed by atoms with Crippen molar-refractivity contribution >= 4 is 16.6 Å². The molecule has 0 aliphatic rings. The largest absolute Gasteiger partial charge is 1.00 e. The van der Waals surface area contributed by atoms with Crippen LogP contribution in [0.15, 0.2) is 36.5 Å². The van der Waals surface area contributed by atoms with E-state index in [9.17, 15) is 0 Å². The van der Waals surface area contributed by atoms with E-state index in [-0.39, 0.29) is 12.4 Å². The Balaban J connectivity index is 0.000000845. The summed E-state index contributed by atoms with van der Waals surface area (Å²) in [5.74, 6) is 0. The molecule has 1 aromatic heterocycles. The van der Waals surface area contributed by atoms with Gasteiger partial charge in [-0.25, -0.2) is 4.57 Å². The summed E-state index contributed by atoms with van der Waals surface area (Å²) >= 11 is 0. The second kappa shape index (κ2) is 3.62. The number of anilines is 1. The van der Waals surface area contributed by atoms with Crippen LogP contribution in [0.1, 0.15) is 0 Å². The first-order valence-electron chi connectivity index (χ1n) is 3.91. The van der Waals surface area contributed by atoms with Crippen molar-refractivity contribution in [1.82, 2.24) is 0 Å². The maximum absolute atomic E-state index is 5.66. The number of rotatable bonds is 0. The maximum Gasteiger partial charge on any atom is 0.212 e. The summed E-state index contributed by atoms with van der Waals surface area (Å²) in [7, 11) is 2.03. The van der Waals surface area contributed by atoms with Crippen LogP contribution in [0.25, 0.3) is 10.9 Å². The summed E-state index contributed by atoms with van der Waals surface area (Å²) < 4.78 is 2.08. The third kappa shape index (κ3) is 1.73.